The molecule has 37 heavy (non-hydrogen) atoms. The van der Waals surface area contributed by atoms with Crippen LogP contribution in [-0.4, -0.2) is 32.3 Å². The zero-order valence-electron chi connectivity index (χ0n) is 19.5. The van der Waals surface area contributed by atoms with Gasteiger partial charge in [-0.05, 0) is 42.8 Å². The fourth-order valence-corrected chi connectivity index (χ4v) is 4.19. The third-order valence-corrected chi connectivity index (χ3v) is 5.86. The highest BCUT2D eigenvalue weighted by atomic mass is 19.4. The number of rotatable bonds is 7. The summed E-state index contributed by atoms with van der Waals surface area (Å²) in [5.74, 6) is -0.575. The molecule has 0 saturated heterocycles. The lowest BCUT2D eigenvalue weighted by molar-refractivity contribution is -0.153. The number of halogens is 4. The first-order valence-electron chi connectivity index (χ1n) is 11.4. The third-order valence-electron chi connectivity index (χ3n) is 5.86. The summed E-state index contributed by atoms with van der Waals surface area (Å²) in [6, 6.07) is 12.9. The minimum absolute atomic E-state index is 0.0921. The van der Waals surface area contributed by atoms with E-state index in [0.717, 1.165) is 17.1 Å². The number of hydrogen-bond donors (Lipinski definition) is 2. The number of nitrogens with one attached hydrogen (secondary N) is 2. The van der Waals surface area contributed by atoms with Gasteiger partial charge in [0.15, 0.2) is 6.61 Å². The Balaban J connectivity index is 1.67. The maximum Gasteiger partial charge on any atom is 0.422 e. The molecule has 0 amide bonds. The molecule has 0 aliphatic rings. The van der Waals surface area contributed by atoms with Crippen LogP contribution in [0.2, 0.25) is 0 Å². The molecule has 2 N–H and O–H groups in total. The van der Waals surface area contributed by atoms with E-state index in [1.165, 1.54) is 34.9 Å². The van der Waals surface area contributed by atoms with Crippen LogP contribution in [0.1, 0.15) is 25.2 Å². The Bertz CT molecular complexity index is 1640. The number of nitrogens with zero attached hydrogens (tertiary/aromatic N) is 3. The van der Waals surface area contributed by atoms with Gasteiger partial charge in [0.25, 0.3) is 5.56 Å². The summed E-state index contributed by atoms with van der Waals surface area (Å²) in [7, 11) is 0. The molecule has 0 radical (unpaired) electrons. The lowest BCUT2D eigenvalue weighted by atomic mass is 10.1. The molecule has 11 heteroatoms. The zero-order valence-corrected chi connectivity index (χ0v) is 19.5. The quantitative estimate of drug-likeness (QED) is 0.266. The average molecular weight is 511 g/mol. The minimum atomic E-state index is -4.53. The lowest BCUT2D eigenvalue weighted by Gasteiger charge is -2.23. The second-order valence-corrected chi connectivity index (χ2v) is 8.35. The predicted molar refractivity (Wildman–Crippen MR) is 132 cm³/mol. The van der Waals surface area contributed by atoms with Crippen molar-refractivity contribution in [3.8, 4) is 11.4 Å². The Labute approximate surface area is 207 Å². The third kappa shape index (κ3) is 4.84. The van der Waals surface area contributed by atoms with Gasteiger partial charge >= 0.3 is 6.18 Å². The predicted octanol–water partition coefficient (Wildman–Crippen LogP) is 5.91. The zero-order chi connectivity index (χ0) is 26.2. The van der Waals surface area contributed by atoms with Gasteiger partial charge in [-0.25, -0.2) is 14.4 Å². The van der Waals surface area contributed by atoms with Crippen molar-refractivity contribution < 1.29 is 22.3 Å². The van der Waals surface area contributed by atoms with Gasteiger partial charge in [0, 0.05) is 29.5 Å². The number of ether oxygens (including phenoxy) is 1. The molecule has 0 spiro atoms. The highest BCUT2D eigenvalue weighted by Crippen LogP contribution is 2.29. The SMILES string of the molecule is CC[C@H](Nc1ccnc2[nH]ccc12)c1nc2cccc(F)c2c(=O)n1-c1cccc(OCC(F)(F)F)c1. The molecular weight excluding hydrogens is 490 g/mol. The largest absolute Gasteiger partial charge is 0.484 e. The monoisotopic (exact) mass is 511 g/mol. The molecule has 2 aromatic carbocycles. The Hall–Kier alpha value is -4.41. The Morgan fingerprint density at radius 2 is 1.95 bits per heavy atom. The van der Waals surface area contributed by atoms with E-state index < -0.39 is 30.2 Å². The number of aromatic nitrogens is 4. The molecule has 5 rings (SSSR count). The number of pyridine rings is 1. The van der Waals surface area contributed by atoms with Crippen molar-refractivity contribution in [1.82, 2.24) is 19.5 Å². The number of hydrogen-bond acceptors (Lipinski definition) is 5. The van der Waals surface area contributed by atoms with Crippen LogP contribution in [0.3, 0.4) is 0 Å². The van der Waals surface area contributed by atoms with Crippen molar-refractivity contribution in [3.05, 3.63) is 89.0 Å². The van der Waals surface area contributed by atoms with Gasteiger partial charge in [0.1, 0.15) is 28.4 Å². The molecule has 190 valence electrons. The molecule has 0 aliphatic carbocycles. The molecule has 0 unspecified atom stereocenters. The Kier molecular flexibility index (Phi) is 6.28. The molecule has 5 aromatic rings. The van der Waals surface area contributed by atoms with E-state index in [9.17, 15) is 22.4 Å². The summed E-state index contributed by atoms with van der Waals surface area (Å²) < 4.78 is 59.0. The van der Waals surface area contributed by atoms with Crippen LogP contribution in [0.5, 0.6) is 5.75 Å². The number of anilines is 1. The van der Waals surface area contributed by atoms with Crippen molar-refractivity contribution >= 4 is 27.6 Å². The smallest absolute Gasteiger partial charge is 0.422 e. The van der Waals surface area contributed by atoms with E-state index in [4.69, 9.17) is 4.74 Å². The van der Waals surface area contributed by atoms with Crippen molar-refractivity contribution in [3.63, 3.8) is 0 Å². The molecular formula is C26H21F4N5O2. The van der Waals surface area contributed by atoms with E-state index in [0.29, 0.717) is 12.1 Å². The van der Waals surface area contributed by atoms with Crippen molar-refractivity contribution in [2.75, 3.05) is 11.9 Å². The van der Waals surface area contributed by atoms with Crippen LogP contribution in [-0.2, 0) is 0 Å². The molecule has 3 aromatic heterocycles. The average Bonchev–Trinajstić information content (AvgIpc) is 3.35. The van der Waals surface area contributed by atoms with Gasteiger partial charge in [-0.1, -0.05) is 19.1 Å². The van der Waals surface area contributed by atoms with Crippen LogP contribution in [0.15, 0.2) is 71.8 Å². The molecule has 1 atom stereocenters. The standard InChI is InChI=1S/C26H21F4N5O2/c1-2-19(33-20-10-12-32-23-17(20)9-11-31-23)24-34-21-8-4-7-18(27)22(21)25(36)35(24)15-5-3-6-16(13-15)37-14-26(28,29)30/h3-13,19H,2,14H2,1H3,(H2,31,32,33)/t19-/m0/s1. The van der Waals surface area contributed by atoms with Gasteiger partial charge in [-0.2, -0.15) is 13.2 Å². The second-order valence-electron chi connectivity index (χ2n) is 8.35. The van der Waals surface area contributed by atoms with Crippen LogP contribution < -0.4 is 15.6 Å². The fraction of sp³-hybridized carbons (Fsp3) is 0.192. The van der Waals surface area contributed by atoms with Gasteiger partial charge in [0.2, 0.25) is 0 Å². The summed E-state index contributed by atoms with van der Waals surface area (Å²) in [6.07, 6.45) is -0.669. The summed E-state index contributed by atoms with van der Waals surface area (Å²) >= 11 is 0. The molecule has 7 nitrogen and oxygen atoms in total. The Morgan fingerprint density at radius 1 is 1.14 bits per heavy atom. The van der Waals surface area contributed by atoms with Crippen LogP contribution in [0.25, 0.3) is 27.6 Å². The topological polar surface area (TPSA) is 84.8 Å². The maximum absolute atomic E-state index is 14.7. The van der Waals surface area contributed by atoms with Crippen molar-refractivity contribution in [2.24, 2.45) is 0 Å². The summed E-state index contributed by atoms with van der Waals surface area (Å²) in [4.78, 5) is 25.6. The number of H-pyrrole nitrogens is 1. The first-order valence-corrected chi connectivity index (χ1v) is 11.4. The highest BCUT2D eigenvalue weighted by molar-refractivity contribution is 5.89. The van der Waals surface area contributed by atoms with E-state index in [-0.39, 0.29) is 28.2 Å². The van der Waals surface area contributed by atoms with Gasteiger partial charge in [-0.15, -0.1) is 0 Å². The minimum Gasteiger partial charge on any atom is -0.484 e. The lowest BCUT2D eigenvalue weighted by Crippen LogP contribution is -2.28. The second kappa shape index (κ2) is 9.57. The van der Waals surface area contributed by atoms with E-state index in [1.54, 1.807) is 24.5 Å². The number of aromatic amines is 1. The number of fused-ring (bicyclic) bond motifs is 2. The summed E-state index contributed by atoms with van der Waals surface area (Å²) in [6.45, 7) is 0.402. The van der Waals surface area contributed by atoms with Crippen molar-refractivity contribution in [1.29, 1.82) is 0 Å². The number of benzene rings is 2. The molecule has 0 bridgehead atoms. The fourth-order valence-electron chi connectivity index (χ4n) is 4.19. The molecule has 0 aliphatic heterocycles. The van der Waals surface area contributed by atoms with Crippen LogP contribution >= 0.6 is 0 Å². The highest BCUT2D eigenvalue weighted by Gasteiger charge is 2.28. The van der Waals surface area contributed by atoms with E-state index in [2.05, 4.69) is 20.3 Å². The Morgan fingerprint density at radius 3 is 2.73 bits per heavy atom. The number of alkyl halides is 3. The van der Waals surface area contributed by atoms with Gasteiger partial charge in [0.05, 0.1) is 17.2 Å². The molecule has 0 saturated carbocycles. The van der Waals surface area contributed by atoms with Crippen LogP contribution in [0.4, 0.5) is 23.2 Å². The first-order chi connectivity index (χ1) is 17.7. The van der Waals surface area contributed by atoms with Crippen molar-refractivity contribution in [2.45, 2.75) is 25.6 Å². The van der Waals surface area contributed by atoms with Gasteiger partial charge < -0.3 is 15.0 Å². The molecule has 3 heterocycles. The molecule has 0 fully saturated rings. The van der Waals surface area contributed by atoms with Crippen LogP contribution in [0, 0.1) is 5.82 Å². The maximum atomic E-state index is 14.7. The first kappa shape index (κ1) is 24.3. The van der Waals surface area contributed by atoms with E-state index in [1.807, 2.05) is 13.0 Å². The van der Waals surface area contributed by atoms with Gasteiger partial charge in [-0.3, -0.25) is 9.36 Å². The summed E-state index contributed by atoms with van der Waals surface area (Å²) in [5.41, 5.74) is 1.08. The van der Waals surface area contributed by atoms with E-state index >= 15 is 0 Å². The summed E-state index contributed by atoms with van der Waals surface area (Å²) in [5, 5.41) is 4.00. The normalized spacial score (nSPS) is 12.7.